The second-order valence-electron chi connectivity index (χ2n) is 7.75. The van der Waals surface area contributed by atoms with E-state index in [0.29, 0.717) is 17.9 Å². The Bertz CT molecular complexity index is 539. The van der Waals surface area contributed by atoms with E-state index in [0.717, 1.165) is 38.3 Å². The number of aryl methyl sites for hydroxylation is 1. The highest BCUT2D eigenvalue weighted by Crippen LogP contribution is 2.37. The summed E-state index contributed by atoms with van der Waals surface area (Å²) < 4.78 is 0. The molecule has 1 heterocycles. The van der Waals surface area contributed by atoms with Crippen molar-refractivity contribution in [2.75, 3.05) is 20.1 Å². The minimum Gasteiger partial charge on any atom is -0.342 e. The fourth-order valence-corrected chi connectivity index (χ4v) is 4.47. The van der Waals surface area contributed by atoms with Crippen molar-refractivity contribution >= 4 is 18.3 Å². The maximum absolute atomic E-state index is 12.7. The summed E-state index contributed by atoms with van der Waals surface area (Å²) in [4.78, 5) is 14.8. The number of carbonyl (C=O) groups excluding carboxylic acids is 1. The van der Waals surface area contributed by atoms with Crippen LogP contribution in [0.15, 0.2) is 24.3 Å². The molecule has 2 aliphatic rings. The Balaban J connectivity index is 0.00000225. The summed E-state index contributed by atoms with van der Waals surface area (Å²) in [6.45, 7) is 4.37. The van der Waals surface area contributed by atoms with Gasteiger partial charge in [-0.2, -0.15) is 0 Å². The molecule has 0 spiro atoms. The van der Waals surface area contributed by atoms with Crippen LogP contribution in [-0.4, -0.2) is 37.0 Å². The lowest BCUT2D eigenvalue weighted by molar-refractivity contribution is -0.132. The monoisotopic (exact) mass is 364 g/mol. The molecular formula is C21H33ClN2O. The summed E-state index contributed by atoms with van der Waals surface area (Å²) in [5.41, 5.74) is 2.71. The molecule has 1 aliphatic carbocycles. The van der Waals surface area contributed by atoms with E-state index in [-0.39, 0.29) is 12.4 Å². The fraction of sp³-hybridized carbons (Fsp3) is 0.667. The van der Waals surface area contributed by atoms with Gasteiger partial charge in [-0.15, -0.1) is 12.4 Å². The van der Waals surface area contributed by atoms with Gasteiger partial charge < -0.3 is 10.2 Å². The first kappa shape index (κ1) is 20.3. The molecule has 2 unspecified atom stereocenters. The molecule has 0 aromatic heterocycles. The third kappa shape index (κ3) is 5.21. The van der Waals surface area contributed by atoms with Gasteiger partial charge in [0.25, 0.3) is 0 Å². The number of benzene rings is 1. The summed E-state index contributed by atoms with van der Waals surface area (Å²) in [5.74, 6) is 1.59. The molecule has 1 aromatic carbocycles. The van der Waals surface area contributed by atoms with Crippen LogP contribution in [0, 0.1) is 12.8 Å². The highest BCUT2D eigenvalue weighted by Gasteiger charge is 2.33. The van der Waals surface area contributed by atoms with Gasteiger partial charge in [-0.3, -0.25) is 4.79 Å². The maximum Gasteiger partial charge on any atom is 0.222 e. The summed E-state index contributed by atoms with van der Waals surface area (Å²) in [6, 6.07) is 9.29. The Labute approximate surface area is 159 Å². The molecule has 2 atom stereocenters. The van der Waals surface area contributed by atoms with Gasteiger partial charge in [0.2, 0.25) is 5.91 Å². The standard InChI is InChI=1S/C21H32N2O.ClH/c1-16-6-9-18(10-7-16)19-4-3-5-20(19)23(2)21(24)11-8-17-12-14-22-15-13-17;/h6-7,9-10,17,19-20,22H,3-5,8,11-15H2,1-2H3;1H. The van der Waals surface area contributed by atoms with Crippen molar-refractivity contribution in [1.29, 1.82) is 0 Å². The van der Waals surface area contributed by atoms with E-state index in [2.05, 4.69) is 41.4 Å². The second kappa shape index (κ2) is 9.59. The van der Waals surface area contributed by atoms with Crippen molar-refractivity contribution in [2.24, 2.45) is 5.92 Å². The van der Waals surface area contributed by atoms with Gasteiger partial charge in [0.05, 0.1) is 0 Å². The number of halogens is 1. The average Bonchev–Trinajstić information content (AvgIpc) is 3.10. The van der Waals surface area contributed by atoms with Crippen LogP contribution in [-0.2, 0) is 4.79 Å². The highest BCUT2D eigenvalue weighted by atomic mass is 35.5. The number of hydrogen-bond donors (Lipinski definition) is 1. The first-order chi connectivity index (χ1) is 11.6. The van der Waals surface area contributed by atoms with Crippen molar-refractivity contribution in [3.8, 4) is 0 Å². The smallest absolute Gasteiger partial charge is 0.222 e. The topological polar surface area (TPSA) is 32.3 Å². The Hall–Kier alpha value is -1.06. The maximum atomic E-state index is 12.7. The normalized spacial score (nSPS) is 23.9. The van der Waals surface area contributed by atoms with E-state index in [1.54, 1.807) is 0 Å². The van der Waals surface area contributed by atoms with E-state index in [1.165, 1.54) is 36.8 Å². The van der Waals surface area contributed by atoms with E-state index in [4.69, 9.17) is 0 Å². The van der Waals surface area contributed by atoms with Crippen LogP contribution < -0.4 is 5.32 Å². The Morgan fingerprint density at radius 1 is 1.12 bits per heavy atom. The Morgan fingerprint density at radius 2 is 1.80 bits per heavy atom. The predicted octanol–water partition coefficient (Wildman–Crippen LogP) is 4.29. The number of nitrogens with zero attached hydrogens (tertiary/aromatic N) is 1. The van der Waals surface area contributed by atoms with Gasteiger partial charge in [0.15, 0.2) is 0 Å². The molecule has 0 bridgehead atoms. The molecule has 0 radical (unpaired) electrons. The predicted molar refractivity (Wildman–Crippen MR) is 106 cm³/mol. The second-order valence-corrected chi connectivity index (χ2v) is 7.75. The Morgan fingerprint density at radius 3 is 2.48 bits per heavy atom. The minimum atomic E-state index is 0. The van der Waals surface area contributed by atoms with Crippen molar-refractivity contribution in [2.45, 2.75) is 63.8 Å². The number of carbonyl (C=O) groups is 1. The molecule has 1 aromatic rings. The molecule has 1 N–H and O–H groups in total. The van der Waals surface area contributed by atoms with Crippen LogP contribution in [0.1, 0.15) is 62.0 Å². The SMILES string of the molecule is Cc1ccc(C2CCCC2N(C)C(=O)CCC2CCNCC2)cc1.Cl. The molecule has 1 saturated carbocycles. The molecular weight excluding hydrogens is 332 g/mol. The molecule has 2 fully saturated rings. The van der Waals surface area contributed by atoms with Crippen molar-refractivity contribution in [3.05, 3.63) is 35.4 Å². The van der Waals surface area contributed by atoms with E-state index in [9.17, 15) is 4.79 Å². The number of piperidine rings is 1. The van der Waals surface area contributed by atoms with Crippen molar-refractivity contribution in [3.63, 3.8) is 0 Å². The quantitative estimate of drug-likeness (QED) is 0.845. The number of hydrogen-bond acceptors (Lipinski definition) is 2. The van der Waals surface area contributed by atoms with Crippen LogP contribution in [0.25, 0.3) is 0 Å². The number of rotatable bonds is 5. The van der Waals surface area contributed by atoms with E-state index >= 15 is 0 Å². The molecule has 1 saturated heterocycles. The van der Waals surface area contributed by atoms with Crippen LogP contribution >= 0.6 is 12.4 Å². The zero-order valence-electron chi connectivity index (χ0n) is 15.7. The third-order valence-electron chi connectivity index (χ3n) is 6.10. The number of nitrogens with one attached hydrogen (secondary N) is 1. The Kier molecular flexibility index (Phi) is 7.77. The largest absolute Gasteiger partial charge is 0.342 e. The van der Waals surface area contributed by atoms with Gasteiger partial charge >= 0.3 is 0 Å². The lowest BCUT2D eigenvalue weighted by Gasteiger charge is -2.31. The molecule has 4 heteroatoms. The van der Waals surface area contributed by atoms with Gasteiger partial charge in [0.1, 0.15) is 0 Å². The zero-order chi connectivity index (χ0) is 16.9. The zero-order valence-corrected chi connectivity index (χ0v) is 16.5. The van der Waals surface area contributed by atoms with Crippen LogP contribution in [0.2, 0.25) is 0 Å². The molecule has 1 amide bonds. The molecule has 1 aliphatic heterocycles. The summed E-state index contributed by atoms with van der Waals surface area (Å²) in [5, 5.41) is 3.40. The minimum absolute atomic E-state index is 0. The molecule has 3 nitrogen and oxygen atoms in total. The van der Waals surface area contributed by atoms with Gasteiger partial charge in [0, 0.05) is 25.4 Å². The lowest BCUT2D eigenvalue weighted by atomic mass is 9.91. The van der Waals surface area contributed by atoms with Crippen LogP contribution in [0.4, 0.5) is 0 Å². The van der Waals surface area contributed by atoms with E-state index < -0.39 is 0 Å². The first-order valence-corrected chi connectivity index (χ1v) is 9.68. The van der Waals surface area contributed by atoms with Crippen LogP contribution in [0.5, 0.6) is 0 Å². The summed E-state index contributed by atoms with van der Waals surface area (Å²) in [7, 11) is 2.03. The average molecular weight is 365 g/mol. The van der Waals surface area contributed by atoms with Gasteiger partial charge in [-0.1, -0.05) is 36.2 Å². The molecule has 3 rings (SSSR count). The molecule has 140 valence electrons. The third-order valence-corrected chi connectivity index (χ3v) is 6.10. The number of likely N-dealkylation sites (N-methyl/N-ethyl adjacent to an activating group) is 1. The highest BCUT2D eigenvalue weighted by molar-refractivity contribution is 5.85. The van der Waals surface area contributed by atoms with Crippen molar-refractivity contribution < 1.29 is 4.79 Å². The van der Waals surface area contributed by atoms with Gasteiger partial charge in [-0.05, 0) is 63.6 Å². The number of amides is 1. The summed E-state index contributed by atoms with van der Waals surface area (Å²) in [6.07, 6.45) is 7.83. The fourth-order valence-electron chi connectivity index (χ4n) is 4.47. The van der Waals surface area contributed by atoms with Gasteiger partial charge in [-0.25, -0.2) is 0 Å². The van der Waals surface area contributed by atoms with Crippen molar-refractivity contribution in [1.82, 2.24) is 10.2 Å². The first-order valence-electron chi connectivity index (χ1n) is 9.68. The van der Waals surface area contributed by atoms with Crippen LogP contribution in [0.3, 0.4) is 0 Å². The lowest BCUT2D eigenvalue weighted by Crippen LogP contribution is -2.39. The van der Waals surface area contributed by atoms with E-state index in [1.807, 2.05) is 7.05 Å². The molecule has 25 heavy (non-hydrogen) atoms. The summed E-state index contributed by atoms with van der Waals surface area (Å²) >= 11 is 0.